The zero-order valence-electron chi connectivity index (χ0n) is 14.4. The Kier molecular flexibility index (Phi) is 10.8. The lowest BCUT2D eigenvalue weighted by atomic mass is 10.0. The smallest absolute Gasteiger partial charge is 0.357 e. The monoisotopic (exact) mass is 478 g/mol. The van der Waals surface area contributed by atoms with Crippen LogP contribution in [-0.2, 0) is 12.7 Å². The van der Waals surface area contributed by atoms with Gasteiger partial charge < -0.3 is 10.6 Å². The highest BCUT2D eigenvalue weighted by Crippen LogP contribution is 2.30. The average molecular weight is 478 g/mol. The Bertz CT molecular complexity index is 503. The summed E-state index contributed by atoms with van der Waals surface area (Å²) in [7, 11) is 0. The van der Waals surface area contributed by atoms with Crippen molar-refractivity contribution in [3.05, 3.63) is 16.1 Å². The van der Waals surface area contributed by atoms with Crippen molar-refractivity contribution < 1.29 is 13.2 Å². The van der Waals surface area contributed by atoms with Crippen LogP contribution in [0.1, 0.15) is 51.2 Å². The first kappa shape index (κ1) is 23.4. The molecule has 1 rings (SSSR count). The summed E-state index contributed by atoms with van der Waals surface area (Å²) in [5.74, 6) is 1.24. The summed E-state index contributed by atoms with van der Waals surface area (Å²) >= 11 is 0.976. The zero-order chi connectivity index (χ0) is 17.5. The normalized spacial score (nSPS) is 13.6. The van der Waals surface area contributed by atoms with Gasteiger partial charge in [-0.25, -0.2) is 9.98 Å². The molecule has 0 bridgehead atoms. The fourth-order valence-electron chi connectivity index (χ4n) is 1.87. The van der Waals surface area contributed by atoms with Gasteiger partial charge in [0.2, 0.25) is 0 Å². The summed E-state index contributed by atoms with van der Waals surface area (Å²) in [6, 6.07) is 0.247. The molecule has 0 saturated heterocycles. The van der Waals surface area contributed by atoms with E-state index in [9.17, 15) is 13.2 Å². The molecule has 1 unspecified atom stereocenters. The molecule has 1 heterocycles. The summed E-state index contributed by atoms with van der Waals surface area (Å²) in [6.45, 7) is 9.18. The highest BCUT2D eigenvalue weighted by Gasteiger charge is 2.33. The molecule has 1 aromatic heterocycles. The second-order valence-electron chi connectivity index (χ2n) is 5.84. The van der Waals surface area contributed by atoms with Crippen LogP contribution in [0, 0.1) is 5.92 Å². The fraction of sp³-hybridized carbons (Fsp3) is 0.733. The molecule has 24 heavy (non-hydrogen) atoms. The van der Waals surface area contributed by atoms with E-state index in [1.54, 1.807) is 0 Å². The van der Waals surface area contributed by atoms with Crippen LogP contribution in [0.4, 0.5) is 13.2 Å². The van der Waals surface area contributed by atoms with Crippen LogP contribution in [0.2, 0.25) is 0 Å². The number of aromatic nitrogens is 1. The lowest BCUT2D eigenvalue weighted by Crippen LogP contribution is -2.42. The van der Waals surface area contributed by atoms with Gasteiger partial charge in [-0.05, 0) is 32.6 Å². The first-order chi connectivity index (χ1) is 10.7. The second-order valence-corrected chi connectivity index (χ2v) is 6.78. The van der Waals surface area contributed by atoms with Crippen molar-refractivity contribution in [1.82, 2.24) is 15.6 Å². The first-order valence-corrected chi connectivity index (χ1v) is 8.66. The van der Waals surface area contributed by atoms with Gasteiger partial charge in [0.15, 0.2) is 11.7 Å². The van der Waals surface area contributed by atoms with Gasteiger partial charge >= 0.3 is 6.18 Å². The zero-order valence-corrected chi connectivity index (χ0v) is 17.6. The Morgan fingerprint density at radius 3 is 2.46 bits per heavy atom. The topological polar surface area (TPSA) is 49.3 Å². The molecule has 140 valence electrons. The predicted octanol–water partition coefficient (Wildman–Crippen LogP) is 4.66. The van der Waals surface area contributed by atoms with E-state index in [0.717, 1.165) is 29.6 Å². The minimum Gasteiger partial charge on any atom is -0.357 e. The van der Waals surface area contributed by atoms with Crippen LogP contribution < -0.4 is 10.6 Å². The van der Waals surface area contributed by atoms with Gasteiger partial charge in [0, 0.05) is 18.0 Å². The maximum atomic E-state index is 12.5. The quantitative estimate of drug-likeness (QED) is 0.341. The first-order valence-electron chi connectivity index (χ1n) is 7.78. The van der Waals surface area contributed by atoms with Gasteiger partial charge in [-0.3, -0.25) is 0 Å². The number of halogens is 4. The number of nitrogens with one attached hydrogen (secondary N) is 2. The number of nitrogens with zero attached hydrogens (tertiary/aromatic N) is 2. The van der Waals surface area contributed by atoms with E-state index < -0.39 is 11.9 Å². The van der Waals surface area contributed by atoms with Crippen LogP contribution in [-0.4, -0.2) is 23.5 Å². The Labute approximate surface area is 162 Å². The SMILES string of the molecule is CCNC(=NCc1nc(C(F)(F)F)cs1)NC(C)CCC(C)C.I. The Balaban J connectivity index is 0.00000529. The van der Waals surface area contributed by atoms with E-state index in [-0.39, 0.29) is 36.6 Å². The van der Waals surface area contributed by atoms with Gasteiger partial charge in [-0.2, -0.15) is 13.2 Å². The molecule has 0 aliphatic heterocycles. The molecule has 1 atom stereocenters. The van der Waals surface area contributed by atoms with Gasteiger partial charge in [0.1, 0.15) is 5.01 Å². The van der Waals surface area contributed by atoms with Gasteiger partial charge in [0.05, 0.1) is 6.54 Å². The molecule has 4 nitrogen and oxygen atoms in total. The second kappa shape index (κ2) is 11.1. The lowest BCUT2D eigenvalue weighted by Gasteiger charge is -2.18. The summed E-state index contributed by atoms with van der Waals surface area (Å²) in [6.07, 6.45) is -2.28. The van der Waals surface area contributed by atoms with E-state index in [1.165, 1.54) is 0 Å². The molecule has 0 aliphatic rings. The Morgan fingerprint density at radius 1 is 1.29 bits per heavy atom. The number of hydrogen-bond acceptors (Lipinski definition) is 3. The summed E-state index contributed by atoms with van der Waals surface area (Å²) < 4.78 is 37.6. The van der Waals surface area contributed by atoms with Gasteiger partial charge in [0.25, 0.3) is 0 Å². The number of rotatable bonds is 7. The molecule has 0 fully saturated rings. The molecule has 0 aliphatic carbocycles. The molecule has 2 N–H and O–H groups in total. The fourth-order valence-corrected chi connectivity index (χ4v) is 2.59. The Hall–Kier alpha value is -0.580. The van der Waals surface area contributed by atoms with E-state index >= 15 is 0 Å². The molecule has 0 amide bonds. The lowest BCUT2D eigenvalue weighted by molar-refractivity contribution is -0.140. The van der Waals surface area contributed by atoms with E-state index in [2.05, 4.69) is 41.4 Å². The van der Waals surface area contributed by atoms with Crippen LogP contribution in [0.25, 0.3) is 0 Å². The van der Waals surface area contributed by atoms with Gasteiger partial charge in [-0.1, -0.05) is 13.8 Å². The van der Waals surface area contributed by atoms with Crippen LogP contribution >= 0.6 is 35.3 Å². The molecule has 1 aromatic rings. The number of guanidine groups is 1. The highest BCUT2D eigenvalue weighted by atomic mass is 127. The Morgan fingerprint density at radius 2 is 1.96 bits per heavy atom. The maximum absolute atomic E-state index is 12.5. The van der Waals surface area contributed by atoms with Crippen LogP contribution in [0.5, 0.6) is 0 Å². The van der Waals surface area contributed by atoms with Crippen molar-refractivity contribution in [2.24, 2.45) is 10.9 Å². The number of hydrogen-bond donors (Lipinski definition) is 2. The molecule has 0 spiro atoms. The molecule has 0 saturated carbocycles. The number of aliphatic imine (C=N–C) groups is 1. The minimum atomic E-state index is -4.40. The van der Waals surface area contributed by atoms with Crippen molar-refractivity contribution in [3.8, 4) is 0 Å². The summed E-state index contributed by atoms with van der Waals surface area (Å²) in [5, 5.41) is 7.75. The van der Waals surface area contributed by atoms with Crippen LogP contribution in [0.3, 0.4) is 0 Å². The van der Waals surface area contributed by atoms with Gasteiger partial charge in [-0.15, -0.1) is 35.3 Å². The maximum Gasteiger partial charge on any atom is 0.434 e. The van der Waals surface area contributed by atoms with Crippen LogP contribution in [0.15, 0.2) is 10.4 Å². The van der Waals surface area contributed by atoms with E-state index in [4.69, 9.17) is 0 Å². The van der Waals surface area contributed by atoms with Crippen molar-refractivity contribution >= 4 is 41.3 Å². The third-order valence-electron chi connectivity index (χ3n) is 3.12. The highest BCUT2D eigenvalue weighted by molar-refractivity contribution is 14.0. The van der Waals surface area contributed by atoms with Crippen molar-refractivity contribution in [3.63, 3.8) is 0 Å². The largest absolute Gasteiger partial charge is 0.434 e. The summed E-state index contributed by atoms with van der Waals surface area (Å²) in [4.78, 5) is 7.90. The van der Waals surface area contributed by atoms with E-state index in [1.807, 2.05) is 6.92 Å². The third kappa shape index (κ3) is 9.05. The molecule has 0 aromatic carbocycles. The minimum absolute atomic E-state index is 0. The van der Waals surface area contributed by atoms with Crippen molar-refractivity contribution in [2.75, 3.05) is 6.54 Å². The summed E-state index contributed by atoms with van der Waals surface area (Å²) in [5.41, 5.74) is -0.851. The average Bonchev–Trinajstić information content (AvgIpc) is 2.92. The molecule has 9 heteroatoms. The van der Waals surface area contributed by atoms with Crippen molar-refractivity contribution in [1.29, 1.82) is 0 Å². The molecule has 0 radical (unpaired) electrons. The molecular weight excluding hydrogens is 452 g/mol. The predicted molar refractivity (Wildman–Crippen MR) is 104 cm³/mol. The number of thiazole rings is 1. The van der Waals surface area contributed by atoms with Crippen molar-refractivity contribution in [2.45, 2.75) is 59.3 Å². The number of alkyl halides is 3. The standard InChI is InChI=1S/C15H25F3N4S.HI/c1-5-19-14(21-11(4)7-6-10(2)3)20-8-13-22-12(9-23-13)15(16,17)18;/h9-11H,5-8H2,1-4H3,(H2,19,20,21);1H. The van der Waals surface area contributed by atoms with E-state index in [0.29, 0.717) is 23.4 Å². The molecular formula is C15H26F3IN4S. The third-order valence-corrected chi connectivity index (χ3v) is 3.95.